The van der Waals surface area contributed by atoms with E-state index in [-0.39, 0.29) is 35.8 Å². The lowest BCUT2D eigenvalue weighted by Crippen LogP contribution is -2.48. The van der Waals surface area contributed by atoms with E-state index in [9.17, 15) is 18.8 Å². The van der Waals surface area contributed by atoms with Crippen molar-refractivity contribution in [2.24, 2.45) is 5.41 Å². The molecule has 3 aromatic carbocycles. The first-order chi connectivity index (χ1) is 19.4. The molecule has 0 saturated carbocycles. The first-order valence-electron chi connectivity index (χ1n) is 13.5. The SMILES string of the molecule is CC(=O)NCc1cccc(C2OC(CNC(=O)Cc3ccccc3F)C(=O)N(CC(C)(C)C)c3ccc(Cl)cc32)c1. The van der Waals surface area contributed by atoms with E-state index in [0.29, 0.717) is 29.4 Å². The van der Waals surface area contributed by atoms with Gasteiger partial charge in [-0.1, -0.05) is 74.8 Å². The predicted octanol–water partition coefficient (Wildman–Crippen LogP) is 5.34. The normalized spacial score (nSPS) is 17.0. The Morgan fingerprint density at radius 3 is 2.49 bits per heavy atom. The molecule has 0 saturated heterocycles. The third-order valence-electron chi connectivity index (χ3n) is 6.63. The van der Waals surface area contributed by atoms with Crippen molar-refractivity contribution in [2.75, 3.05) is 18.0 Å². The van der Waals surface area contributed by atoms with Gasteiger partial charge in [0, 0.05) is 36.3 Å². The van der Waals surface area contributed by atoms with Crippen LogP contribution in [0.5, 0.6) is 0 Å². The van der Waals surface area contributed by atoms with Gasteiger partial charge in [-0.05, 0) is 46.4 Å². The topological polar surface area (TPSA) is 87.7 Å². The molecule has 0 radical (unpaired) electrons. The van der Waals surface area contributed by atoms with Gasteiger partial charge in [0.2, 0.25) is 11.8 Å². The van der Waals surface area contributed by atoms with Gasteiger partial charge in [0.05, 0.1) is 13.0 Å². The molecule has 4 rings (SSSR count). The van der Waals surface area contributed by atoms with Gasteiger partial charge in [-0.15, -0.1) is 0 Å². The minimum atomic E-state index is -1.03. The highest BCUT2D eigenvalue weighted by molar-refractivity contribution is 6.30. The molecule has 1 heterocycles. The average Bonchev–Trinajstić information content (AvgIpc) is 3.01. The molecule has 0 fully saturated rings. The fraction of sp³-hybridized carbons (Fsp3) is 0.344. The largest absolute Gasteiger partial charge is 0.354 e. The van der Waals surface area contributed by atoms with Crippen molar-refractivity contribution in [3.8, 4) is 0 Å². The summed E-state index contributed by atoms with van der Waals surface area (Å²) in [6, 6.07) is 19.0. The van der Waals surface area contributed by atoms with E-state index < -0.39 is 23.9 Å². The highest BCUT2D eigenvalue weighted by atomic mass is 35.5. The summed E-state index contributed by atoms with van der Waals surface area (Å²) in [7, 11) is 0. The Bertz CT molecular complexity index is 1440. The Kier molecular flexibility index (Phi) is 9.46. The lowest BCUT2D eigenvalue weighted by Gasteiger charge is -2.31. The zero-order valence-corrected chi connectivity index (χ0v) is 24.4. The maximum absolute atomic E-state index is 14.1. The first-order valence-corrected chi connectivity index (χ1v) is 13.9. The molecule has 2 N–H and O–H groups in total. The number of benzene rings is 3. The van der Waals surface area contributed by atoms with Gasteiger partial charge in [-0.2, -0.15) is 0 Å². The van der Waals surface area contributed by atoms with E-state index in [1.54, 1.807) is 35.2 Å². The van der Waals surface area contributed by atoms with E-state index in [0.717, 1.165) is 11.1 Å². The van der Waals surface area contributed by atoms with Crippen LogP contribution in [-0.2, 0) is 32.1 Å². The molecule has 2 unspecified atom stereocenters. The first kappa shape index (κ1) is 30.2. The van der Waals surface area contributed by atoms with Gasteiger partial charge in [0.1, 0.15) is 11.9 Å². The van der Waals surface area contributed by atoms with Crippen molar-refractivity contribution in [1.29, 1.82) is 0 Å². The minimum Gasteiger partial charge on any atom is -0.354 e. The number of ether oxygens (including phenoxy) is 1. The monoisotopic (exact) mass is 579 g/mol. The Hall–Kier alpha value is -3.75. The van der Waals surface area contributed by atoms with Crippen LogP contribution in [0.2, 0.25) is 5.02 Å². The fourth-order valence-corrected chi connectivity index (χ4v) is 4.96. The highest BCUT2D eigenvalue weighted by Crippen LogP contribution is 2.40. The predicted molar refractivity (Wildman–Crippen MR) is 157 cm³/mol. The molecule has 3 aromatic rings. The maximum Gasteiger partial charge on any atom is 0.258 e. The summed E-state index contributed by atoms with van der Waals surface area (Å²) in [6.45, 7) is 8.20. The Balaban J connectivity index is 1.69. The zero-order chi connectivity index (χ0) is 29.7. The van der Waals surface area contributed by atoms with Crippen LogP contribution in [0.1, 0.15) is 56.1 Å². The van der Waals surface area contributed by atoms with Gasteiger partial charge in [-0.25, -0.2) is 4.39 Å². The van der Waals surface area contributed by atoms with Gasteiger partial charge >= 0.3 is 0 Å². The van der Waals surface area contributed by atoms with E-state index in [4.69, 9.17) is 16.3 Å². The van der Waals surface area contributed by atoms with Gasteiger partial charge < -0.3 is 20.3 Å². The van der Waals surface area contributed by atoms with Crippen molar-refractivity contribution < 1.29 is 23.5 Å². The van der Waals surface area contributed by atoms with Crippen LogP contribution < -0.4 is 15.5 Å². The summed E-state index contributed by atoms with van der Waals surface area (Å²) >= 11 is 6.45. The van der Waals surface area contributed by atoms with Crippen LogP contribution in [0, 0.1) is 11.2 Å². The quantitative estimate of drug-likeness (QED) is 0.377. The van der Waals surface area contributed by atoms with Gasteiger partial charge in [0.15, 0.2) is 6.10 Å². The van der Waals surface area contributed by atoms with Gasteiger partial charge in [0.25, 0.3) is 5.91 Å². The second-order valence-electron chi connectivity index (χ2n) is 11.4. The van der Waals surface area contributed by atoms with E-state index in [2.05, 4.69) is 10.6 Å². The molecule has 3 amide bonds. The number of amides is 3. The van der Waals surface area contributed by atoms with Crippen LogP contribution in [0.25, 0.3) is 0 Å². The average molecular weight is 580 g/mol. The molecule has 0 aromatic heterocycles. The summed E-state index contributed by atoms with van der Waals surface area (Å²) in [6.07, 6.45) is -1.88. The Labute approximate surface area is 245 Å². The van der Waals surface area contributed by atoms with Crippen LogP contribution in [0.4, 0.5) is 10.1 Å². The number of nitrogens with one attached hydrogen (secondary N) is 2. The van der Waals surface area contributed by atoms with Crippen molar-refractivity contribution in [2.45, 2.75) is 52.9 Å². The smallest absolute Gasteiger partial charge is 0.258 e. The van der Waals surface area contributed by atoms with Crippen molar-refractivity contribution in [3.05, 3.63) is 99.8 Å². The number of carbonyl (C=O) groups excluding carboxylic acids is 3. The highest BCUT2D eigenvalue weighted by Gasteiger charge is 2.38. The number of rotatable bonds is 8. The zero-order valence-electron chi connectivity index (χ0n) is 23.7. The lowest BCUT2D eigenvalue weighted by atomic mass is 9.94. The third-order valence-corrected chi connectivity index (χ3v) is 6.86. The van der Waals surface area contributed by atoms with Crippen LogP contribution in [0.3, 0.4) is 0 Å². The number of anilines is 1. The summed E-state index contributed by atoms with van der Waals surface area (Å²) in [4.78, 5) is 40.0. The second kappa shape index (κ2) is 12.8. The molecule has 1 aliphatic heterocycles. The Morgan fingerprint density at radius 1 is 1.02 bits per heavy atom. The van der Waals surface area contributed by atoms with Crippen LogP contribution in [-0.4, -0.2) is 36.9 Å². The summed E-state index contributed by atoms with van der Waals surface area (Å²) in [5, 5.41) is 6.06. The molecule has 0 bridgehead atoms. The van der Waals surface area contributed by atoms with Crippen molar-refractivity contribution in [3.63, 3.8) is 0 Å². The molecule has 1 aliphatic rings. The molecule has 0 aliphatic carbocycles. The molecule has 7 nitrogen and oxygen atoms in total. The van der Waals surface area contributed by atoms with Crippen LogP contribution in [0.15, 0.2) is 66.7 Å². The molecule has 9 heteroatoms. The molecular weight excluding hydrogens is 545 g/mol. The van der Waals surface area contributed by atoms with E-state index in [1.807, 2.05) is 51.1 Å². The number of halogens is 2. The number of hydrogen-bond donors (Lipinski definition) is 2. The Morgan fingerprint density at radius 2 is 1.78 bits per heavy atom. The second-order valence-corrected chi connectivity index (χ2v) is 11.9. The van der Waals surface area contributed by atoms with E-state index >= 15 is 0 Å². The number of fused-ring (bicyclic) bond motifs is 1. The molecule has 2 atom stereocenters. The van der Waals surface area contributed by atoms with Gasteiger partial charge in [-0.3, -0.25) is 14.4 Å². The number of hydrogen-bond acceptors (Lipinski definition) is 4. The molecule has 216 valence electrons. The minimum absolute atomic E-state index is 0.101. The van der Waals surface area contributed by atoms with Crippen molar-refractivity contribution in [1.82, 2.24) is 10.6 Å². The summed E-state index contributed by atoms with van der Waals surface area (Å²) in [5.74, 6) is -1.33. The molecular formula is C32H35ClFN3O4. The lowest BCUT2D eigenvalue weighted by molar-refractivity contribution is -0.132. The molecule has 0 spiro atoms. The van der Waals surface area contributed by atoms with Crippen molar-refractivity contribution >= 4 is 35.0 Å². The maximum atomic E-state index is 14.1. The third kappa shape index (κ3) is 7.93. The summed E-state index contributed by atoms with van der Waals surface area (Å²) < 4.78 is 20.6. The standard InChI is InChI=1S/C32H35ClFN3O4/c1-20(38)35-17-21-8-7-10-23(14-21)30-25-16-24(33)12-13-27(25)37(19-32(2,3)4)31(40)28(41-30)18-36-29(39)15-22-9-5-6-11-26(22)34/h5-14,16,28,30H,15,17-19H2,1-4H3,(H,35,38)(H,36,39). The van der Waals surface area contributed by atoms with E-state index in [1.165, 1.54) is 13.0 Å². The number of carbonyl (C=O) groups is 3. The molecule has 41 heavy (non-hydrogen) atoms. The number of nitrogens with zero attached hydrogens (tertiary/aromatic N) is 1. The van der Waals surface area contributed by atoms with Crippen LogP contribution >= 0.6 is 11.6 Å². The fourth-order valence-electron chi connectivity index (χ4n) is 4.78. The summed E-state index contributed by atoms with van der Waals surface area (Å²) in [5.41, 5.74) is 3.04.